The van der Waals surface area contributed by atoms with E-state index >= 15 is 0 Å². The average molecular weight is 294 g/mol. The average Bonchev–Trinajstić information content (AvgIpc) is 2.93. The molecule has 19 heavy (non-hydrogen) atoms. The van der Waals surface area contributed by atoms with E-state index in [1.54, 1.807) is 12.1 Å². The number of rotatable bonds is 6. The zero-order valence-corrected chi connectivity index (χ0v) is 11.7. The molecule has 2 heterocycles. The Morgan fingerprint density at radius 2 is 2.37 bits per heavy atom. The van der Waals surface area contributed by atoms with E-state index in [0.717, 1.165) is 0 Å². The molecule has 0 aromatic carbocycles. The molecule has 0 aliphatic rings. The number of hydrogen-bond donors (Lipinski definition) is 1. The molecule has 0 fully saturated rings. The van der Waals surface area contributed by atoms with Crippen LogP contribution in [0.2, 0.25) is 5.15 Å². The Hall–Kier alpha value is -1.72. The first-order chi connectivity index (χ1) is 9.22. The molecule has 0 spiro atoms. The SMILES string of the molecule is C=CCNc1ncnc(Cl)c1CC(=O)c1cccs1. The predicted molar refractivity (Wildman–Crippen MR) is 78.1 cm³/mol. The van der Waals surface area contributed by atoms with Crippen molar-refractivity contribution in [1.29, 1.82) is 0 Å². The molecule has 2 aromatic heterocycles. The molecule has 98 valence electrons. The van der Waals surface area contributed by atoms with Gasteiger partial charge in [-0.1, -0.05) is 23.7 Å². The van der Waals surface area contributed by atoms with Gasteiger partial charge in [-0.15, -0.1) is 17.9 Å². The number of thiophene rings is 1. The summed E-state index contributed by atoms with van der Waals surface area (Å²) >= 11 is 7.46. The Labute approximate surface area is 120 Å². The molecule has 1 N–H and O–H groups in total. The second-order valence-electron chi connectivity index (χ2n) is 3.74. The molecule has 2 rings (SSSR count). The third kappa shape index (κ3) is 3.39. The highest BCUT2D eigenvalue weighted by Crippen LogP contribution is 2.22. The molecule has 0 atom stereocenters. The van der Waals surface area contributed by atoms with Crippen LogP contribution in [0.25, 0.3) is 0 Å². The van der Waals surface area contributed by atoms with Crippen LogP contribution in [0.1, 0.15) is 15.2 Å². The largest absolute Gasteiger partial charge is 0.366 e. The number of halogens is 1. The van der Waals surface area contributed by atoms with E-state index < -0.39 is 0 Å². The number of nitrogens with one attached hydrogen (secondary N) is 1. The van der Waals surface area contributed by atoms with Crippen molar-refractivity contribution in [3.63, 3.8) is 0 Å². The van der Waals surface area contributed by atoms with Crippen LogP contribution >= 0.6 is 22.9 Å². The standard InChI is InChI=1S/C13H12ClN3OS/c1-2-5-15-13-9(12(14)16-8-17-13)7-10(18)11-4-3-6-19-11/h2-4,6,8H,1,5,7H2,(H,15,16,17). The number of hydrogen-bond acceptors (Lipinski definition) is 5. The Balaban J connectivity index is 2.23. The second-order valence-corrected chi connectivity index (χ2v) is 5.04. The molecular formula is C13H12ClN3OS. The van der Waals surface area contributed by atoms with E-state index in [-0.39, 0.29) is 12.2 Å². The van der Waals surface area contributed by atoms with Gasteiger partial charge in [0, 0.05) is 18.5 Å². The summed E-state index contributed by atoms with van der Waals surface area (Å²) < 4.78 is 0. The minimum absolute atomic E-state index is 0.00773. The number of carbonyl (C=O) groups is 1. The summed E-state index contributed by atoms with van der Waals surface area (Å²) in [4.78, 5) is 20.8. The van der Waals surface area contributed by atoms with Gasteiger partial charge in [0.1, 0.15) is 17.3 Å². The summed E-state index contributed by atoms with van der Waals surface area (Å²) in [5, 5.41) is 5.22. The van der Waals surface area contributed by atoms with Crippen molar-refractivity contribution in [2.45, 2.75) is 6.42 Å². The zero-order valence-electron chi connectivity index (χ0n) is 10.1. The highest BCUT2D eigenvalue weighted by atomic mass is 35.5. The van der Waals surface area contributed by atoms with Gasteiger partial charge in [-0.05, 0) is 11.4 Å². The van der Waals surface area contributed by atoms with E-state index in [2.05, 4.69) is 21.9 Å². The zero-order chi connectivity index (χ0) is 13.7. The molecule has 0 radical (unpaired) electrons. The van der Waals surface area contributed by atoms with Crippen LogP contribution < -0.4 is 5.32 Å². The number of nitrogens with zero attached hydrogens (tertiary/aromatic N) is 2. The van der Waals surface area contributed by atoms with Gasteiger partial charge in [-0.2, -0.15) is 0 Å². The monoisotopic (exact) mass is 293 g/mol. The smallest absolute Gasteiger partial charge is 0.177 e. The van der Waals surface area contributed by atoms with Crippen LogP contribution in [0.5, 0.6) is 0 Å². The summed E-state index contributed by atoms with van der Waals surface area (Å²) in [5.74, 6) is 0.582. The number of Topliss-reactive ketones (excluding diaryl/α,β-unsaturated/α-hetero) is 1. The van der Waals surface area contributed by atoms with E-state index in [4.69, 9.17) is 11.6 Å². The lowest BCUT2D eigenvalue weighted by Crippen LogP contribution is -2.09. The maximum absolute atomic E-state index is 12.1. The topological polar surface area (TPSA) is 54.9 Å². The minimum atomic E-state index is 0.00773. The minimum Gasteiger partial charge on any atom is -0.366 e. The number of carbonyl (C=O) groups excluding carboxylic acids is 1. The molecule has 0 aliphatic carbocycles. The van der Waals surface area contributed by atoms with Crippen LogP contribution in [-0.2, 0) is 6.42 Å². The van der Waals surface area contributed by atoms with Crippen molar-refractivity contribution in [3.8, 4) is 0 Å². The van der Waals surface area contributed by atoms with E-state index in [1.807, 2.05) is 11.4 Å². The molecule has 0 aliphatic heterocycles. The van der Waals surface area contributed by atoms with Gasteiger partial charge in [0.05, 0.1) is 4.88 Å². The maximum atomic E-state index is 12.1. The van der Waals surface area contributed by atoms with E-state index in [9.17, 15) is 4.79 Å². The first-order valence-corrected chi connectivity index (χ1v) is 6.89. The quantitative estimate of drug-likeness (QED) is 0.505. The molecule has 0 unspecified atom stereocenters. The molecule has 0 amide bonds. The van der Waals surface area contributed by atoms with Crippen LogP contribution in [0.15, 0.2) is 36.5 Å². The van der Waals surface area contributed by atoms with Crippen molar-refractivity contribution in [1.82, 2.24) is 9.97 Å². The van der Waals surface area contributed by atoms with Gasteiger partial charge in [0.15, 0.2) is 5.78 Å². The second kappa shape index (κ2) is 6.45. The lowest BCUT2D eigenvalue weighted by Gasteiger charge is -2.09. The molecule has 2 aromatic rings. The van der Waals surface area contributed by atoms with Gasteiger partial charge in [0.25, 0.3) is 0 Å². The van der Waals surface area contributed by atoms with Gasteiger partial charge in [-0.3, -0.25) is 4.79 Å². The molecule has 6 heteroatoms. The van der Waals surface area contributed by atoms with Crippen molar-refractivity contribution >= 4 is 34.5 Å². The fourth-order valence-electron chi connectivity index (χ4n) is 1.55. The summed E-state index contributed by atoms with van der Waals surface area (Å²) in [5.41, 5.74) is 0.615. The molecule has 0 bridgehead atoms. The van der Waals surface area contributed by atoms with Crippen molar-refractivity contribution < 1.29 is 4.79 Å². The normalized spacial score (nSPS) is 10.2. The summed E-state index contributed by atoms with van der Waals surface area (Å²) in [6.07, 6.45) is 3.26. The Bertz CT molecular complexity index is 584. The fourth-order valence-corrected chi connectivity index (χ4v) is 2.42. The Kier molecular flexibility index (Phi) is 4.65. The van der Waals surface area contributed by atoms with Crippen LogP contribution in [0.4, 0.5) is 5.82 Å². The van der Waals surface area contributed by atoms with Gasteiger partial charge >= 0.3 is 0 Å². The highest BCUT2D eigenvalue weighted by molar-refractivity contribution is 7.12. The van der Waals surface area contributed by atoms with Crippen molar-refractivity contribution in [3.05, 3.63) is 52.1 Å². The number of ketones is 1. The first-order valence-electron chi connectivity index (χ1n) is 5.63. The van der Waals surface area contributed by atoms with E-state index in [0.29, 0.717) is 28.0 Å². The lowest BCUT2D eigenvalue weighted by molar-refractivity contribution is 0.0997. The number of anilines is 1. The third-order valence-electron chi connectivity index (χ3n) is 2.44. The molecular weight excluding hydrogens is 282 g/mol. The molecule has 4 nitrogen and oxygen atoms in total. The summed E-state index contributed by atoms with van der Waals surface area (Å²) in [6.45, 7) is 4.17. The van der Waals surface area contributed by atoms with E-state index in [1.165, 1.54) is 17.7 Å². The molecule has 0 saturated carbocycles. The fraction of sp³-hybridized carbons (Fsp3) is 0.154. The van der Waals surface area contributed by atoms with Crippen LogP contribution in [-0.4, -0.2) is 22.3 Å². The Morgan fingerprint density at radius 1 is 1.53 bits per heavy atom. The summed E-state index contributed by atoms with van der Waals surface area (Å²) in [6, 6.07) is 3.64. The van der Waals surface area contributed by atoms with Crippen LogP contribution in [0.3, 0.4) is 0 Å². The van der Waals surface area contributed by atoms with Gasteiger partial charge in [0.2, 0.25) is 0 Å². The van der Waals surface area contributed by atoms with Gasteiger partial charge < -0.3 is 5.32 Å². The lowest BCUT2D eigenvalue weighted by atomic mass is 10.1. The maximum Gasteiger partial charge on any atom is 0.177 e. The van der Waals surface area contributed by atoms with Crippen molar-refractivity contribution in [2.75, 3.05) is 11.9 Å². The van der Waals surface area contributed by atoms with Gasteiger partial charge in [-0.25, -0.2) is 9.97 Å². The summed E-state index contributed by atoms with van der Waals surface area (Å²) in [7, 11) is 0. The number of aromatic nitrogens is 2. The predicted octanol–water partition coefficient (Wildman–Crippen LogP) is 3.21. The first kappa shape index (κ1) is 13.7. The van der Waals surface area contributed by atoms with Crippen LogP contribution in [0, 0.1) is 0 Å². The molecule has 0 saturated heterocycles. The van der Waals surface area contributed by atoms with Crippen molar-refractivity contribution in [2.24, 2.45) is 0 Å². The Morgan fingerprint density at radius 3 is 3.05 bits per heavy atom. The highest BCUT2D eigenvalue weighted by Gasteiger charge is 2.15. The third-order valence-corrected chi connectivity index (χ3v) is 3.68.